The summed E-state index contributed by atoms with van der Waals surface area (Å²) in [6.07, 6.45) is 1.47. The third-order valence-electron chi connectivity index (χ3n) is 3.38. The Morgan fingerprint density at radius 2 is 1.28 bits per heavy atom. The second kappa shape index (κ2) is 7.92. The van der Waals surface area contributed by atoms with E-state index in [2.05, 4.69) is 70.6 Å². The fraction of sp³-hybridized carbons (Fsp3) is 1.00. The number of rotatable bonds is 6. The summed E-state index contributed by atoms with van der Waals surface area (Å²) in [4.78, 5) is 0. The molecule has 0 aromatic carbocycles. The molecule has 2 unspecified atom stereocenters. The van der Waals surface area contributed by atoms with Crippen molar-refractivity contribution < 1.29 is 0 Å². The predicted molar refractivity (Wildman–Crippen MR) is 99.4 cm³/mol. The standard InChI is InChI=1S/C12H20S6/c1-9(6-15-11-2-13-3-11)17-8-18-10(1)7-16-12-4-14-5-12/h9-12H,1-8H2. The zero-order valence-electron chi connectivity index (χ0n) is 10.4. The van der Waals surface area contributed by atoms with Crippen LogP contribution in [0, 0.1) is 0 Å². The van der Waals surface area contributed by atoms with Crippen LogP contribution in [-0.4, -0.2) is 60.6 Å². The van der Waals surface area contributed by atoms with Gasteiger partial charge in [-0.15, -0.1) is 23.5 Å². The average molecular weight is 357 g/mol. The minimum Gasteiger partial charge on any atom is -0.160 e. The molecule has 2 atom stereocenters. The molecule has 0 saturated carbocycles. The summed E-state index contributed by atoms with van der Waals surface area (Å²) in [6.45, 7) is 0. The molecule has 0 spiro atoms. The van der Waals surface area contributed by atoms with Crippen LogP contribution in [0.2, 0.25) is 0 Å². The average Bonchev–Trinajstić information content (AvgIpc) is 2.25. The molecule has 0 aromatic heterocycles. The van der Waals surface area contributed by atoms with Crippen molar-refractivity contribution in [3.8, 4) is 0 Å². The van der Waals surface area contributed by atoms with Crippen LogP contribution in [0.15, 0.2) is 0 Å². The molecule has 3 aliphatic heterocycles. The van der Waals surface area contributed by atoms with Crippen LogP contribution in [0.25, 0.3) is 0 Å². The van der Waals surface area contributed by atoms with E-state index in [9.17, 15) is 0 Å². The monoisotopic (exact) mass is 356 g/mol. The van der Waals surface area contributed by atoms with Gasteiger partial charge in [-0.3, -0.25) is 0 Å². The maximum atomic E-state index is 2.25. The molecule has 0 aliphatic carbocycles. The van der Waals surface area contributed by atoms with Gasteiger partial charge < -0.3 is 0 Å². The summed E-state index contributed by atoms with van der Waals surface area (Å²) < 4.78 is 0. The van der Waals surface area contributed by atoms with Crippen LogP contribution in [0.3, 0.4) is 0 Å². The zero-order chi connectivity index (χ0) is 12.2. The highest BCUT2D eigenvalue weighted by atomic mass is 32.2. The fourth-order valence-electron chi connectivity index (χ4n) is 2.00. The van der Waals surface area contributed by atoms with E-state index in [-0.39, 0.29) is 0 Å². The maximum Gasteiger partial charge on any atom is 0.0398 e. The van der Waals surface area contributed by atoms with Crippen LogP contribution < -0.4 is 0 Å². The number of hydrogen-bond donors (Lipinski definition) is 0. The van der Waals surface area contributed by atoms with E-state index in [1.807, 2.05) is 0 Å². The fourth-order valence-corrected chi connectivity index (χ4v) is 10.8. The van der Waals surface area contributed by atoms with E-state index in [1.165, 1.54) is 46.0 Å². The van der Waals surface area contributed by atoms with Crippen LogP contribution in [0.4, 0.5) is 0 Å². The molecule has 3 rings (SSSR count). The Bertz CT molecular complexity index is 229. The van der Waals surface area contributed by atoms with E-state index in [1.54, 1.807) is 0 Å². The van der Waals surface area contributed by atoms with Crippen molar-refractivity contribution in [2.75, 3.05) is 39.6 Å². The topological polar surface area (TPSA) is 0 Å². The lowest BCUT2D eigenvalue weighted by molar-refractivity contribution is 0.809. The quantitative estimate of drug-likeness (QED) is 0.693. The summed E-state index contributed by atoms with van der Waals surface area (Å²) in [5.41, 5.74) is 0. The molecule has 3 saturated heterocycles. The van der Waals surface area contributed by atoms with E-state index in [0.717, 1.165) is 21.0 Å². The van der Waals surface area contributed by atoms with E-state index in [4.69, 9.17) is 0 Å². The molecule has 0 nitrogen and oxygen atoms in total. The summed E-state index contributed by atoms with van der Waals surface area (Å²) in [6, 6.07) is 0. The summed E-state index contributed by atoms with van der Waals surface area (Å²) in [5.74, 6) is 8.48. The molecule has 104 valence electrons. The normalized spacial score (nSPS) is 34.0. The molecule has 0 radical (unpaired) electrons. The lowest BCUT2D eigenvalue weighted by Crippen LogP contribution is -2.28. The molecule has 3 aliphatic rings. The SMILES string of the molecule is C1SC(CSC2CSC2)CC(CSC2CSC2)S1. The largest absolute Gasteiger partial charge is 0.160 e. The second-order valence-electron chi connectivity index (χ2n) is 4.92. The highest BCUT2D eigenvalue weighted by molar-refractivity contribution is 8.18. The molecule has 3 fully saturated rings. The van der Waals surface area contributed by atoms with Gasteiger partial charge in [0.2, 0.25) is 0 Å². The Morgan fingerprint density at radius 1 is 0.778 bits per heavy atom. The number of hydrogen-bond acceptors (Lipinski definition) is 6. The molecular weight excluding hydrogens is 337 g/mol. The third-order valence-corrected chi connectivity index (χ3v) is 12.8. The summed E-state index contributed by atoms with van der Waals surface area (Å²) in [5, 5.41) is 5.22. The van der Waals surface area contributed by atoms with Crippen molar-refractivity contribution >= 4 is 70.6 Å². The Hall–Kier alpha value is 2.10. The van der Waals surface area contributed by atoms with Crippen LogP contribution in [0.5, 0.6) is 0 Å². The van der Waals surface area contributed by atoms with Crippen molar-refractivity contribution in [1.82, 2.24) is 0 Å². The molecule has 0 aromatic rings. The molecule has 3 heterocycles. The van der Waals surface area contributed by atoms with Gasteiger partial charge in [-0.05, 0) is 6.42 Å². The van der Waals surface area contributed by atoms with Gasteiger partial charge in [-0.25, -0.2) is 0 Å². The zero-order valence-corrected chi connectivity index (χ0v) is 15.3. The van der Waals surface area contributed by atoms with Gasteiger partial charge in [-0.1, -0.05) is 0 Å². The Balaban J connectivity index is 1.32. The van der Waals surface area contributed by atoms with Crippen LogP contribution >= 0.6 is 70.6 Å². The van der Waals surface area contributed by atoms with Gasteiger partial charge in [0, 0.05) is 60.6 Å². The molecule has 0 bridgehead atoms. The highest BCUT2D eigenvalue weighted by Gasteiger charge is 2.27. The number of thioether (sulfide) groups is 6. The molecule has 0 amide bonds. The van der Waals surface area contributed by atoms with Crippen molar-refractivity contribution in [2.45, 2.75) is 27.4 Å². The minimum atomic E-state index is 0.947. The van der Waals surface area contributed by atoms with Crippen molar-refractivity contribution in [3.63, 3.8) is 0 Å². The smallest absolute Gasteiger partial charge is 0.0398 e. The van der Waals surface area contributed by atoms with Gasteiger partial charge in [-0.2, -0.15) is 47.0 Å². The molecular formula is C12H20S6. The maximum absolute atomic E-state index is 2.25. The van der Waals surface area contributed by atoms with Gasteiger partial charge in [0.25, 0.3) is 0 Å². The van der Waals surface area contributed by atoms with Crippen LogP contribution in [0.1, 0.15) is 6.42 Å². The lowest BCUT2D eigenvalue weighted by Gasteiger charge is -2.32. The first-order chi connectivity index (χ1) is 8.90. The summed E-state index contributed by atoms with van der Waals surface area (Å²) >= 11 is 13.2. The van der Waals surface area contributed by atoms with Crippen molar-refractivity contribution in [3.05, 3.63) is 0 Å². The Labute approximate surface area is 136 Å². The van der Waals surface area contributed by atoms with Gasteiger partial charge in [0.15, 0.2) is 0 Å². The Morgan fingerprint density at radius 3 is 1.67 bits per heavy atom. The van der Waals surface area contributed by atoms with Crippen molar-refractivity contribution in [2.24, 2.45) is 0 Å². The second-order valence-corrected chi connectivity index (χ2v) is 12.7. The molecule has 6 heteroatoms. The van der Waals surface area contributed by atoms with E-state index < -0.39 is 0 Å². The van der Waals surface area contributed by atoms with E-state index in [0.29, 0.717) is 0 Å². The van der Waals surface area contributed by atoms with E-state index >= 15 is 0 Å². The minimum absolute atomic E-state index is 0.947. The predicted octanol–water partition coefficient (Wildman–Crippen LogP) is 4.25. The summed E-state index contributed by atoms with van der Waals surface area (Å²) in [7, 11) is 0. The lowest BCUT2D eigenvalue weighted by atomic mass is 10.2. The van der Waals surface area contributed by atoms with Gasteiger partial charge in [0.05, 0.1) is 0 Å². The third kappa shape index (κ3) is 4.55. The first-order valence-electron chi connectivity index (χ1n) is 6.52. The van der Waals surface area contributed by atoms with Crippen LogP contribution in [-0.2, 0) is 0 Å². The van der Waals surface area contributed by atoms with Gasteiger partial charge >= 0.3 is 0 Å². The highest BCUT2D eigenvalue weighted by Crippen LogP contribution is 2.40. The van der Waals surface area contributed by atoms with Crippen molar-refractivity contribution in [1.29, 1.82) is 0 Å². The van der Waals surface area contributed by atoms with Gasteiger partial charge in [0.1, 0.15) is 0 Å². The molecule has 18 heavy (non-hydrogen) atoms. The Kier molecular flexibility index (Phi) is 6.61. The first kappa shape index (κ1) is 15.0. The molecule has 0 N–H and O–H groups in total. The first-order valence-corrected chi connectivity index (χ1v) is 13.0.